The van der Waals surface area contributed by atoms with Crippen LogP contribution in [-0.2, 0) is 10.8 Å². The molecule has 0 aliphatic heterocycles. The van der Waals surface area contributed by atoms with E-state index in [9.17, 15) is 4.21 Å². The molecule has 0 bridgehead atoms. The summed E-state index contributed by atoms with van der Waals surface area (Å²) in [6, 6.07) is 1.67. The highest BCUT2D eigenvalue weighted by Gasteiger charge is 2.14. The largest absolute Gasteiger partial charge is 0.451 e. The van der Waals surface area contributed by atoms with Crippen LogP contribution in [0.25, 0.3) is 0 Å². The molecule has 0 radical (unpaired) electrons. The van der Waals surface area contributed by atoms with Gasteiger partial charge < -0.3 is 10.5 Å². The first-order chi connectivity index (χ1) is 9.88. The van der Waals surface area contributed by atoms with Crippen LogP contribution in [0.4, 0.5) is 5.82 Å². The van der Waals surface area contributed by atoms with Crippen molar-refractivity contribution in [1.29, 1.82) is 0 Å². The quantitative estimate of drug-likeness (QED) is 0.932. The first kappa shape index (κ1) is 15.4. The smallest absolute Gasteiger partial charge is 0.187 e. The second-order valence-electron chi connectivity index (χ2n) is 4.94. The first-order valence-electron chi connectivity index (χ1n) is 6.48. The minimum Gasteiger partial charge on any atom is -0.451 e. The lowest BCUT2D eigenvalue weighted by Crippen LogP contribution is -2.03. The van der Waals surface area contributed by atoms with E-state index in [4.69, 9.17) is 10.5 Å². The van der Waals surface area contributed by atoms with Crippen LogP contribution in [0, 0.1) is 6.92 Å². The highest BCUT2D eigenvalue weighted by Crippen LogP contribution is 2.32. The summed E-state index contributed by atoms with van der Waals surface area (Å²) in [5.74, 6) is 2.01. The Morgan fingerprint density at radius 3 is 2.52 bits per heavy atom. The molecule has 1 unspecified atom stereocenters. The van der Waals surface area contributed by atoms with Crippen LogP contribution in [0.3, 0.4) is 0 Å². The van der Waals surface area contributed by atoms with Crippen molar-refractivity contribution in [3.63, 3.8) is 0 Å². The van der Waals surface area contributed by atoms with Gasteiger partial charge in [0.2, 0.25) is 0 Å². The molecule has 0 spiro atoms. The number of aromatic nitrogens is 3. The van der Waals surface area contributed by atoms with Crippen molar-refractivity contribution in [2.75, 3.05) is 12.0 Å². The van der Waals surface area contributed by atoms with Crippen molar-refractivity contribution in [3.05, 3.63) is 29.8 Å². The van der Waals surface area contributed by atoms with Crippen molar-refractivity contribution in [1.82, 2.24) is 15.0 Å². The van der Waals surface area contributed by atoms with Gasteiger partial charge in [0, 0.05) is 24.1 Å². The molecule has 2 aromatic heterocycles. The van der Waals surface area contributed by atoms with Crippen LogP contribution in [0.5, 0.6) is 11.5 Å². The Kier molecular flexibility index (Phi) is 4.52. The maximum atomic E-state index is 11.6. The predicted molar refractivity (Wildman–Crippen MR) is 81.9 cm³/mol. The first-order valence-corrected chi connectivity index (χ1v) is 8.04. The second kappa shape index (κ2) is 6.17. The topological polar surface area (TPSA) is 91.0 Å². The normalized spacial score (nSPS) is 12.4. The standard InChI is InChI=1S/C14H18N4O2S/c1-8(2)10-6-17-13(21(4)19)5-11(10)20-12-7-16-9(3)18-14(12)15/h5-8H,1-4H3,(H2,15,16,18). The monoisotopic (exact) mass is 306 g/mol. The second-order valence-corrected chi connectivity index (χ2v) is 6.26. The van der Waals surface area contributed by atoms with E-state index in [1.165, 1.54) is 6.20 Å². The van der Waals surface area contributed by atoms with Crippen LogP contribution in [-0.4, -0.2) is 25.4 Å². The Morgan fingerprint density at radius 2 is 1.95 bits per heavy atom. The number of nitrogens with zero attached hydrogens (tertiary/aromatic N) is 3. The Morgan fingerprint density at radius 1 is 1.24 bits per heavy atom. The number of rotatable bonds is 4. The molecule has 7 heteroatoms. The molecule has 0 saturated carbocycles. The fourth-order valence-corrected chi connectivity index (χ4v) is 2.26. The number of ether oxygens (including phenoxy) is 1. The summed E-state index contributed by atoms with van der Waals surface area (Å²) in [6.45, 7) is 5.81. The third-order valence-corrected chi connectivity index (χ3v) is 3.72. The molecule has 1 atom stereocenters. The average Bonchev–Trinajstić information content (AvgIpc) is 2.41. The third-order valence-electron chi connectivity index (χ3n) is 2.91. The summed E-state index contributed by atoms with van der Waals surface area (Å²) in [7, 11) is -1.18. The van der Waals surface area contributed by atoms with Gasteiger partial charge >= 0.3 is 0 Å². The fraction of sp³-hybridized carbons (Fsp3) is 0.357. The van der Waals surface area contributed by atoms with Crippen LogP contribution >= 0.6 is 0 Å². The predicted octanol–water partition coefficient (Wildman–Crippen LogP) is 2.42. The molecule has 2 rings (SSSR count). The number of anilines is 1. The van der Waals surface area contributed by atoms with Crippen molar-refractivity contribution in [3.8, 4) is 11.5 Å². The van der Waals surface area contributed by atoms with Gasteiger partial charge in [-0.2, -0.15) is 0 Å². The Bertz CT molecular complexity index is 689. The zero-order valence-corrected chi connectivity index (χ0v) is 13.3. The summed E-state index contributed by atoms with van der Waals surface area (Å²) >= 11 is 0. The number of pyridine rings is 1. The van der Waals surface area contributed by atoms with E-state index in [0.717, 1.165) is 5.56 Å². The average molecular weight is 306 g/mol. The number of nitrogen functional groups attached to an aromatic ring is 1. The van der Waals surface area contributed by atoms with Crippen LogP contribution in [0.15, 0.2) is 23.5 Å². The van der Waals surface area contributed by atoms with Crippen LogP contribution in [0.1, 0.15) is 31.2 Å². The van der Waals surface area contributed by atoms with Crippen LogP contribution < -0.4 is 10.5 Å². The zero-order valence-electron chi connectivity index (χ0n) is 12.5. The van der Waals surface area contributed by atoms with E-state index >= 15 is 0 Å². The molecule has 2 N–H and O–H groups in total. The maximum absolute atomic E-state index is 11.6. The Balaban J connectivity index is 2.45. The summed E-state index contributed by atoms with van der Waals surface area (Å²) in [6.07, 6.45) is 4.79. The minimum atomic E-state index is -1.18. The molecule has 21 heavy (non-hydrogen) atoms. The molecule has 0 saturated heterocycles. The van der Waals surface area contributed by atoms with E-state index in [1.807, 2.05) is 13.8 Å². The zero-order chi connectivity index (χ0) is 15.6. The lowest BCUT2D eigenvalue weighted by atomic mass is 10.1. The lowest BCUT2D eigenvalue weighted by Gasteiger charge is -2.14. The highest BCUT2D eigenvalue weighted by molar-refractivity contribution is 7.84. The number of aryl methyl sites for hydroxylation is 1. The molecular formula is C14H18N4O2S. The Labute approximate surface area is 126 Å². The number of hydrogen-bond acceptors (Lipinski definition) is 6. The van der Waals surface area contributed by atoms with Gasteiger partial charge in [-0.25, -0.2) is 15.0 Å². The molecule has 2 heterocycles. The Hall–Kier alpha value is -2.02. The van der Waals surface area contributed by atoms with Gasteiger partial charge in [-0.1, -0.05) is 13.8 Å². The van der Waals surface area contributed by atoms with Crippen LogP contribution in [0.2, 0.25) is 0 Å². The maximum Gasteiger partial charge on any atom is 0.187 e. The summed E-state index contributed by atoms with van der Waals surface area (Å²) in [5.41, 5.74) is 6.75. The molecule has 0 aromatic carbocycles. The van der Waals surface area contributed by atoms with Gasteiger partial charge in [0.15, 0.2) is 11.6 Å². The molecule has 0 aliphatic rings. The van der Waals surface area contributed by atoms with Crippen molar-refractivity contribution < 1.29 is 8.95 Å². The molecule has 0 amide bonds. The third kappa shape index (κ3) is 3.55. The number of nitrogens with two attached hydrogens (primary N) is 1. The minimum absolute atomic E-state index is 0.208. The van der Waals surface area contributed by atoms with Gasteiger partial charge in [0.1, 0.15) is 16.6 Å². The van der Waals surface area contributed by atoms with Gasteiger partial charge in [-0.05, 0) is 12.8 Å². The molecule has 2 aromatic rings. The number of hydrogen-bond donors (Lipinski definition) is 1. The highest BCUT2D eigenvalue weighted by atomic mass is 32.2. The molecule has 0 fully saturated rings. The molecule has 112 valence electrons. The van der Waals surface area contributed by atoms with Crippen molar-refractivity contribution in [2.24, 2.45) is 0 Å². The molecule has 0 aliphatic carbocycles. The van der Waals surface area contributed by atoms with E-state index < -0.39 is 10.8 Å². The van der Waals surface area contributed by atoms with E-state index in [0.29, 0.717) is 22.3 Å². The van der Waals surface area contributed by atoms with Gasteiger partial charge in [-0.15, -0.1) is 0 Å². The van der Waals surface area contributed by atoms with E-state index in [2.05, 4.69) is 15.0 Å². The fourth-order valence-electron chi connectivity index (χ4n) is 1.78. The SMILES string of the molecule is Cc1ncc(Oc2cc(S(C)=O)ncc2C(C)C)c(N)n1. The van der Waals surface area contributed by atoms with Gasteiger partial charge in [0.25, 0.3) is 0 Å². The molecular weight excluding hydrogens is 288 g/mol. The van der Waals surface area contributed by atoms with Crippen molar-refractivity contribution >= 4 is 16.6 Å². The summed E-state index contributed by atoms with van der Waals surface area (Å²) < 4.78 is 17.4. The van der Waals surface area contributed by atoms with E-state index in [1.54, 1.807) is 25.4 Å². The van der Waals surface area contributed by atoms with E-state index in [-0.39, 0.29) is 11.7 Å². The summed E-state index contributed by atoms with van der Waals surface area (Å²) in [4.78, 5) is 12.3. The van der Waals surface area contributed by atoms with Gasteiger partial charge in [-0.3, -0.25) is 4.21 Å². The van der Waals surface area contributed by atoms with Crippen molar-refractivity contribution in [2.45, 2.75) is 31.7 Å². The van der Waals surface area contributed by atoms with Gasteiger partial charge in [0.05, 0.1) is 17.0 Å². The lowest BCUT2D eigenvalue weighted by molar-refractivity contribution is 0.467. The summed E-state index contributed by atoms with van der Waals surface area (Å²) in [5, 5.41) is 0.459. The molecule has 6 nitrogen and oxygen atoms in total.